The largest absolute Gasteiger partial charge is 0.242 e. The summed E-state index contributed by atoms with van der Waals surface area (Å²) in [4.78, 5) is 0. The van der Waals surface area contributed by atoms with E-state index in [1.807, 2.05) is 0 Å². The van der Waals surface area contributed by atoms with Crippen molar-refractivity contribution in [2.75, 3.05) is 11.5 Å². The smallest absolute Gasteiger partial charge is 0.210 e. The van der Waals surface area contributed by atoms with E-state index < -0.39 is 6.43 Å². The maximum atomic E-state index is 11.7. The van der Waals surface area contributed by atoms with Gasteiger partial charge in [-0.1, -0.05) is 0 Å². The number of rotatable bonds is 1. The van der Waals surface area contributed by atoms with Crippen LogP contribution in [0.2, 0.25) is 0 Å². The molecule has 1 aliphatic heterocycles. The third kappa shape index (κ3) is 1.34. The van der Waals surface area contributed by atoms with Crippen LogP contribution in [0, 0.1) is 5.92 Å². The van der Waals surface area contributed by atoms with Gasteiger partial charge < -0.3 is 0 Å². The van der Waals surface area contributed by atoms with E-state index >= 15 is 0 Å². The van der Waals surface area contributed by atoms with E-state index in [0.29, 0.717) is 12.2 Å². The van der Waals surface area contributed by atoms with Gasteiger partial charge in [0.1, 0.15) is 0 Å². The van der Waals surface area contributed by atoms with Crippen molar-refractivity contribution in [2.45, 2.75) is 12.8 Å². The molecule has 1 unspecified atom stereocenters. The lowest BCUT2D eigenvalue weighted by molar-refractivity contribution is 0.0902. The van der Waals surface area contributed by atoms with Crippen LogP contribution in [0.3, 0.4) is 0 Å². The van der Waals surface area contributed by atoms with Crippen molar-refractivity contribution in [3.05, 3.63) is 0 Å². The second-order valence-corrected chi connectivity index (χ2v) is 3.11. The Kier molecular flexibility index (Phi) is 2.11. The quantitative estimate of drug-likeness (QED) is 0.534. The number of thioether (sulfide) groups is 1. The van der Waals surface area contributed by atoms with Gasteiger partial charge in [0, 0.05) is 11.7 Å². The molecule has 0 N–H and O–H groups in total. The van der Waals surface area contributed by atoms with Crippen LogP contribution < -0.4 is 0 Å². The van der Waals surface area contributed by atoms with Crippen molar-refractivity contribution in [3.63, 3.8) is 0 Å². The molecule has 0 bridgehead atoms. The highest BCUT2D eigenvalue weighted by Gasteiger charge is 2.23. The average Bonchev–Trinajstić information content (AvgIpc) is 2.12. The first-order chi connectivity index (χ1) is 3.80. The summed E-state index contributed by atoms with van der Waals surface area (Å²) in [7, 11) is 0. The lowest BCUT2D eigenvalue weighted by atomic mass is 10.1. The van der Waals surface area contributed by atoms with Crippen LogP contribution in [0.1, 0.15) is 6.42 Å². The van der Waals surface area contributed by atoms with Crippen LogP contribution in [-0.4, -0.2) is 17.9 Å². The molecule has 0 saturated carbocycles. The van der Waals surface area contributed by atoms with Crippen molar-refractivity contribution in [3.8, 4) is 0 Å². The second-order valence-electron chi connectivity index (χ2n) is 1.96. The second kappa shape index (κ2) is 2.67. The Bertz CT molecular complexity index is 68.8. The van der Waals surface area contributed by atoms with E-state index in [2.05, 4.69) is 0 Å². The van der Waals surface area contributed by atoms with Gasteiger partial charge in [-0.25, -0.2) is 8.78 Å². The molecule has 1 aliphatic rings. The van der Waals surface area contributed by atoms with Gasteiger partial charge in [-0.05, 0) is 12.2 Å². The monoisotopic (exact) mass is 138 g/mol. The number of hydrogen-bond donors (Lipinski definition) is 0. The number of alkyl halides is 2. The lowest BCUT2D eigenvalue weighted by Gasteiger charge is -2.03. The third-order valence-corrected chi connectivity index (χ3v) is 2.51. The molecule has 1 saturated heterocycles. The Morgan fingerprint density at radius 1 is 1.50 bits per heavy atom. The summed E-state index contributed by atoms with van der Waals surface area (Å²) < 4.78 is 23.5. The van der Waals surface area contributed by atoms with E-state index in [4.69, 9.17) is 0 Å². The normalized spacial score (nSPS) is 29.6. The van der Waals surface area contributed by atoms with Gasteiger partial charge in [0.15, 0.2) is 0 Å². The molecule has 0 aliphatic carbocycles. The summed E-state index contributed by atoms with van der Waals surface area (Å²) in [6, 6.07) is 0. The summed E-state index contributed by atoms with van der Waals surface area (Å²) in [5, 5.41) is 0. The molecule has 1 atom stereocenters. The maximum Gasteiger partial charge on any atom is 0.242 e. The molecule has 0 aromatic heterocycles. The van der Waals surface area contributed by atoms with Gasteiger partial charge in [0.05, 0.1) is 0 Å². The predicted octanol–water partition coefficient (Wildman–Crippen LogP) is 2.00. The van der Waals surface area contributed by atoms with E-state index in [-0.39, 0.29) is 5.92 Å². The summed E-state index contributed by atoms with van der Waals surface area (Å²) in [6.45, 7) is 0. The molecular formula is C5H8F2S. The number of hydrogen-bond acceptors (Lipinski definition) is 1. The van der Waals surface area contributed by atoms with Crippen molar-refractivity contribution in [1.82, 2.24) is 0 Å². The van der Waals surface area contributed by atoms with Crippen LogP contribution in [0.25, 0.3) is 0 Å². The first-order valence-corrected chi connectivity index (χ1v) is 3.82. The van der Waals surface area contributed by atoms with Crippen LogP contribution >= 0.6 is 11.8 Å². The lowest BCUT2D eigenvalue weighted by Crippen LogP contribution is -2.08. The van der Waals surface area contributed by atoms with Crippen molar-refractivity contribution < 1.29 is 8.78 Å². The van der Waals surface area contributed by atoms with Gasteiger partial charge in [0.25, 0.3) is 0 Å². The Hall–Kier alpha value is 0.210. The molecule has 0 aromatic rings. The molecule has 3 heteroatoms. The molecule has 0 radical (unpaired) electrons. The average molecular weight is 138 g/mol. The molecule has 1 fully saturated rings. The first kappa shape index (κ1) is 6.33. The van der Waals surface area contributed by atoms with Crippen LogP contribution in [0.4, 0.5) is 8.78 Å². The molecule has 0 amide bonds. The van der Waals surface area contributed by atoms with E-state index in [1.54, 1.807) is 11.8 Å². The highest BCUT2D eigenvalue weighted by atomic mass is 32.2. The summed E-state index contributed by atoms with van der Waals surface area (Å²) in [5.74, 6) is 1.28. The zero-order valence-corrected chi connectivity index (χ0v) is 5.26. The van der Waals surface area contributed by atoms with E-state index in [9.17, 15) is 8.78 Å². The van der Waals surface area contributed by atoms with E-state index in [1.165, 1.54) is 0 Å². The van der Waals surface area contributed by atoms with E-state index in [0.717, 1.165) is 5.75 Å². The fourth-order valence-corrected chi connectivity index (χ4v) is 2.00. The summed E-state index contributed by atoms with van der Waals surface area (Å²) in [5.41, 5.74) is 0. The molecule has 8 heavy (non-hydrogen) atoms. The molecule has 48 valence electrons. The Labute approximate surface area is 51.6 Å². The molecule has 1 heterocycles. The Balaban J connectivity index is 2.24. The molecule has 1 rings (SSSR count). The van der Waals surface area contributed by atoms with Crippen molar-refractivity contribution >= 4 is 11.8 Å². The highest BCUT2D eigenvalue weighted by molar-refractivity contribution is 7.99. The van der Waals surface area contributed by atoms with Crippen molar-refractivity contribution in [2.24, 2.45) is 5.92 Å². The van der Waals surface area contributed by atoms with Crippen LogP contribution in [-0.2, 0) is 0 Å². The summed E-state index contributed by atoms with van der Waals surface area (Å²) in [6.07, 6.45) is -1.37. The van der Waals surface area contributed by atoms with Crippen LogP contribution in [0.15, 0.2) is 0 Å². The SMILES string of the molecule is FC(F)C1CCSC1. The first-order valence-electron chi connectivity index (χ1n) is 2.66. The van der Waals surface area contributed by atoms with Gasteiger partial charge >= 0.3 is 0 Å². The predicted molar refractivity (Wildman–Crippen MR) is 31.4 cm³/mol. The molecule has 0 spiro atoms. The van der Waals surface area contributed by atoms with Gasteiger partial charge in [-0.3, -0.25) is 0 Å². The fourth-order valence-electron chi connectivity index (χ4n) is 0.751. The Morgan fingerprint density at radius 3 is 2.50 bits per heavy atom. The fraction of sp³-hybridized carbons (Fsp3) is 1.00. The standard InChI is InChI=1S/C5H8F2S/c6-5(7)4-1-2-8-3-4/h4-5H,1-3H2. The molecule has 0 nitrogen and oxygen atoms in total. The molecular weight excluding hydrogens is 130 g/mol. The van der Waals surface area contributed by atoms with Gasteiger partial charge in [-0.2, -0.15) is 11.8 Å². The van der Waals surface area contributed by atoms with Gasteiger partial charge in [0.2, 0.25) is 6.43 Å². The highest BCUT2D eigenvalue weighted by Crippen LogP contribution is 2.27. The van der Waals surface area contributed by atoms with Crippen molar-refractivity contribution in [1.29, 1.82) is 0 Å². The van der Waals surface area contributed by atoms with Gasteiger partial charge in [-0.15, -0.1) is 0 Å². The minimum Gasteiger partial charge on any atom is -0.210 e. The maximum absolute atomic E-state index is 11.7. The topological polar surface area (TPSA) is 0 Å². The summed E-state index contributed by atoms with van der Waals surface area (Å²) >= 11 is 1.63. The molecule has 0 aromatic carbocycles. The number of halogens is 2. The third-order valence-electron chi connectivity index (χ3n) is 1.32. The van der Waals surface area contributed by atoms with Crippen LogP contribution in [0.5, 0.6) is 0 Å². The zero-order valence-electron chi connectivity index (χ0n) is 4.44. The minimum atomic E-state index is -2.08. The minimum absolute atomic E-state index is 0.306. The Morgan fingerprint density at radius 2 is 2.25 bits per heavy atom. The zero-order chi connectivity index (χ0) is 5.98.